The van der Waals surface area contributed by atoms with Gasteiger partial charge in [0.05, 0.1) is 44.2 Å². The van der Waals surface area contributed by atoms with E-state index >= 15 is 0 Å². The Hall–Kier alpha value is -2.91. The Labute approximate surface area is 238 Å². The van der Waals surface area contributed by atoms with Gasteiger partial charge < -0.3 is 16.8 Å². The summed E-state index contributed by atoms with van der Waals surface area (Å²) in [5.41, 5.74) is 14.8. The number of nitrogens with zero attached hydrogens (tertiary/aromatic N) is 2. The lowest BCUT2D eigenvalue weighted by molar-refractivity contribution is -0.131. The predicted molar refractivity (Wildman–Crippen MR) is 155 cm³/mol. The van der Waals surface area contributed by atoms with Gasteiger partial charge in [0.15, 0.2) is 9.84 Å². The lowest BCUT2D eigenvalue weighted by atomic mass is 9.98. The number of benzene rings is 2. The van der Waals surface area contributed by atoms with E-state index < -0.39 is 61.2 Å². The number of amides is 2. The zero-order valence-electron chi connectivity index (χ0n) is 22.4. The highest BCUT2D eigenvalue weighted by molar-refractivity contribution is 7.91. The van der Waals surface area contributed by atoms with Gasteiger partial charge in [-0.05, 0) is 36.1 Å². The van der Waals surface area contributed by atoms with Crippen LogP contribution in [0.2, 0.25) is 0 Å². The molecule has 2 aromatic carbocycles. The maximum absolute atomic E-state index is 13.9. The van der Waals surface area contributed by atoms with Crippen LogP contribution in [0.25, 0.3) is 10.2 Å². The van der Waals surface area contributed by atoms with E-state index in [2.05, 4.69) is 10.3 Å². The molecule has 2 amide bonds. The van der Waals surface area contributed by atoms with Crippen molar-refractivity contribution in [1.29, 1.82) is 0 Å². The molecule has 5 N–H and O–H groups in total. The highest BCUT2D eigenvalue weighted by atomic mass is 32.2. The Kier molecular flexibility index (Phi) is 10.8. The topological polar surface area (TPSA) is 183 Å². The van der Waals surface area contributed by atoms with E-state index in [0.717, 1.165) is 10.3 Å². The van der Waals surface area contributed by atoms with Gasteiger partial charge in [-0.1, -0.05) is 44.2 Å². The average molecular weight is 610 g/mol. The maximum atomic E-state index is 13.9. The van der Waals surface area contributed by atoms with Crippen LogP contribution in [0.15, 0.2) is 58.9 Å². The Morgan fingerprint density at radius 1 is 1.07 bits per heavy atom. The number of sulfonamides is 1. The fraction of sp³-hybridized carbons (Fsp3) is 0.423. The quantitative estimate of drug-likeness (QED) is 0.228. The van der Waals surface area contributed by atoms with E-state index in [1.165, 1.54) is 30.4 Å². The van der Waals surface area contributed by atoms with E-state index in [4.69, 9.17) is 11.5 Å². The number of nitrogens with one attached hydrogen (secondary N) is 1. The van der Waals surface area contributed by atoms with Crippen LogP contribution >= 0.6 is 11.3 Å². The highest BCUT2D eigenvalue weighted by Gasteiger charge is 2.40. The first-order valence-corrected chi connectivity index (χ1v) is 16.9. The molecule has 1 heterocycles. The summed E-state index contributed by atoms with van der Waals surface area (Å²) in [5, 5.41) is 2.49. The van der Waals surface area contributed by atoms with Crippen LogP contribution in [-0.2, 0) is 35.9 Å². The van der Waals surface area contributed by atoms with E-state index in [1.54, 1.807) is 18.5 Å². The van der Waals surface area contributed by atoms with Crippen molar-refractivity contribution in [2.24, 2.45) is 23.3 Å². The summed E-state index contributed by atoms with van der Waals surface area (Å²) in [6, 6.07) is 13.7. The normalized spacial score (nSPS) is 14.4. The van der Waals surface area contributed by atoms with Crippen LogP contribution in [0.5, 0.6) is 0 Å². The van der Waals surface area contributed by atoms with Crippen molar-refractivity contribution in [1.82, 2.24) is 14.6 Å². The molecule has 218 valence electrons. The SMILES string of the molecule is CC(CS(=O)(=O)CCC(=O)NCCN)C(=O)N([C@H](N)[C@@H](C)Cc1ccccc1)S(=O)(=O)c1ccc2scnc2c1. The number of rotatable bonds is 14. The largest absolute Gasteiger partial charge is 0.355 e. The van der Waals surface area contributed by atoms with Crippen LogP contribution in [0.3, 0.4) is 0 Å². The van der Waals surface area contributed by atoms with Gasteiger partial charge in [-0.3, -0.25) is 9.59 Å². The number of sulfone groups is 1. The minimum absolute atomic E-state index is 0.173. The van der Waals surface area contributed by atoms with Crippen molar-refractivity contribution in [3.8, 4) is 0 Å². The van der Waals surface area contributed by atoms with Crippen molar-refractivity contribution < 1.29 is 26.4 Å². The monoisotopic (exact) mass is 609 g/mol. The third-order valence-corrected chi connectivity index (χ3v) is 10.8. The summed E-state index contributed by atoms with van der Waals surface area (Å²) in [6.45, 7) is 3.51. The number of fused-ring (bicyclic) bond motifs is 1. The third kappa shape index (κ3) is 8.07. The molecule has 0 aliphatic carbocycles. The number of carbonyl (C=O) groups is 2. The van der Waals surface area contributed by atoms with Crippen molar-refractivity contribution in [3.63, 3.8) is 0 Å². The van der Waals surface area contributed by atoms with Gasteiger partial charge in [0.1, 0.15) is 0 Å². The number of carbonyl (C=O) groups excluding carboxylic acids is 2. The Balaban J connectivity index is 1.89. The van der Waals surface area contributed by atoms with Gasteiger partial charge in [0.2, 0.25) is 11.8 Å². The number of hydrogen-bond donors (Lipinski definition) is 3. The molecular weight excluding hydrogens is 575 g/mol. The Morgan fingerprint density at radius 3 is 2.45 bits per heavy atom. The van der Waals surface area contributed by atoms with Crippen LogP contribution in [-0.4, -0.2) is 68.7 Å². The molecule has 1 aromatic heterocycles. The molecule has 0 aliphatic rings. The van der Waals surface area contributed by atoms with Crippen LogP contribution < -0.4 is 16.8 Å². The molecule has 40 heavy (non-hydrogen) atoms. The molecule has 1 unspecified atom stereocenters. The summed E-state index contributed by atoms with van der Waals surface area (Å²) in [4.78, 5) is 29.6. The van der Waals surface area contributed by atoms with E-state index in [-0.39, 0.29) is 24.4 Å². The lowest BCUT2D eigenvalue weighted by Crippen LogP contribution is -2.55. The highest BCUT2D eigenvalue weighted by Crippen LogP contribution is 2.28. The summed E-state index contributed by atoms with van der Waals surface area (Å²) in [7, 11) is -8.38. The average Bonchev–Trinajstić information content (AvgIpc) is 3.39. The second kappa shape index (κ2) is 13.6. The number of aromatic nitrogens is 1. The Morgan fingerprint density at radius 2 is 1.77 bits per heavy atom. The minimum Gasteiger partial charge on any atom is -0.355 e. The summed E-state index contributed by atoms with van der Waals surface area (Å²) < 4.78 is 54.7. The molecule has 3 aromatic rings. The smallest absolute Gasteiger partial charge is 0.267 e. The fourth-order valence-electron chi connectivity index (χ4n) is 4.18. The number of nitrogens with two attached hydrogens (primary N) is 2. The molecule has 0 fully saturated rings. The van der Waals surface area contributed by atoms with Crippen molar-refractivity contribution in [2.45, 2.75) is 37.8 Å². The van der Waals surface area contributed by atoms with E-state index in [1.807, 2.05) is 30.3 Å². The molecule has 0 bridgehead atoms. The first kappa shape index (κ1) is 31.6. The van der Waals surface area contributed by atoms with Crippen LogP contribution in [0.1, 0.15) is 25.8 Å². The number of thiazole rings is 1. The van der Waals surface area contributed by atoms with Gasteiger partial charge in [-0.15, -0.1) is 11.3 Å². The molecule has 14 heteroatoms. The maximum Gasteiger partial charge on any atom is 0.267 e. The molecule has 0 radical (unpaired) electrons. The van der Waals surface area contributed by atoms with Crippen molar-refractivity contribution >= 4 is 53.2 Å². The zero-order chi connectivity index (χ0) is 29.5. The van der Waals surface area contributed by atoms with Gasteiger partial charge in [-0.25, -0.2) is 26.1 Å². The molecule has 11 nitrogen and oxygen atoms in total. The fourth-order valence-corrected chi connectivity index (χ4v) is 8.08. The lowest BCUT2D eigenvalue weighted by Gasteiger charge is -2.34. The summed E-state index contributed by atoms with van der Waals surface area (Å²) in [5.74, 6) is -4.31. The van der Waals surface area contributed by atoms with Crippen molar-refractivity contribution in [2.75, 3.05) is 24.6 Å². The minimum atomic E-state index is -4.49. The summed E-state index contributed by atoms with van der Waals surface area (Å²) in [6.07, 6.45) is -1.19. The van der Waals surface area contributed by atoms with E-state index in [9.17, 15) is 26.4 Å². The first-order valence-electron chi connectivity index (χ1n) is 12.7. The van der Waals surface area contributed by atoms with Crippen LogP contribution in [0.4, 0.5) is 0 Å². The molecule has 3 rings (SSSR count). The van der Waals surface area contributed by atoms with E-state index in [0.29, 0.717) is 16.2 Å². The number of hydrogen-bond acceptors (Lipinski definition) is 10. The van der Waals surface area contributed by atoms with Crippen LogP contribution in [0, 0.1) is 11.8 Å². The van der Waals surface area contributed by atoms with Crippen molar-refractivity contribution in [3.05, 3.63) is 59.6 Å². The van der Waals surface area contributed by atoms with Gasteiger partial charge in [0.25, 0.3) is 10.0 Å². The molecule has 0 spiro atoms. The predicted octanol–water partition coefficient (Wildman–Crippen LogP) is 1.49. The van der Waals surface area contributed by atoms with Gasteiger partial charge in [0, 0.05) is 19.5 Å². The standard InChI is InChI=1S/C26H35N5O6S3/c1-18(14-20-6-4-3-5-7-20)25(28)31(40(36,37)21-8-9-23-22(15-21)30-17-38-23)26(33)19(2)16-39(34,35)13-10-24(32)29-12-11-27/h3-9,15,17-19,25H,10-14,16,27-28H2,1-2H3,(H,29,32)/t18-,19?,25-/m0/s1. The molecule has 0 saturated carbocycles. The zero-order valence-corrected chi connectivity index (χ0v) is 24.8. The third-order valence-electron chi connectivity index (χ3n) is 6.36. The Bertz CT molecular complexity index is 1530. The second-order valence-electron chi connectivity index (χ2n) is 9.68. The first-order chi connectivity index (χ1) is 18.9. The molecule has 0 saturated heterocycles. The second-order valence-corrected chi connectivity index (χ2v) is 14.6. The molecule has 3 atom stereocenters. The summed E-state index contributed by atoms with van der Waals surface area (Å²) >= 11 is 1.34. The molecular formula is C26H35N5O6S3. The molecule has 0 aliphatic heterocycles. The van der Waals surface area contributed by atoms with Gasteiger partial charge >= 0.3 is 0 Å². The van der Waals surface area contributed by atoms with Gasteiger partial charge in [-0.2, -0.15) is 0 Å².